The topological polar surface area (TPSA) is 64.4 Å². The van der Waals surface area contributed by atoms with Crippen molar-refractivity contribution in [3.8, 4) is 0 Å². The molecule has 1 amide bonds. The summed E-state index contributed by atoms with van der Waals surface area (Å²) in [6.45, 7) is 4.63. The second kappa shape index (κ2) is 5.69. The predicted molar refractivity (Wildman–Crippen MR) is 77.1 cm³/mol. The number of amides is 1. The zero-order valence-electron chi connectivity index (χ0n) is 12.2. The maximum atomic E-state index is 12.2. The van der Waals surface area contributed by atoms with Crippen LogP contribution in [0.3, 0.4) is 0 Å². The lowest BCUT2D eigenvalue weighted by atomic mass is 9.97. The summed E-state index contributed by atoms with van der Waals surface area (Å²) in [5, 5.41) is 6.71. The number of hydrogen-bond acceptors (Lipinski definition) is 4. The molecule has 1 atom stereocenters. The normalized spacial score (nSPS) is 17.3. The average molecular weight is 286 g/mol. The second-order valence-electron chi connectivity index (χ2n) is 5.22. The first-order valence-corrected chi connectivity index (χ1v) is 7.07. The van der Waals surface area contributed by atoms with Crippen molar-refractivity contribution in [2.75, 3.05) is 13.2 Å². The molecular formula is C16H18N2O3. The van der Waals surface area contributed by atoms with Crippen LogP contribution in [0.15, 0.2) is 28.8 Å². The quantitative estimate of drug-likeness (QED) is 0.940. The molecule has 1 N–H and O–H groups in total. The minimum absolute atomic E-state index is 0.0978. The third-order valence-corrected chi connectivity index (χ3v) is 3.80. The van der Waals surface area contributed by atoms with Gasteiger partial charge in [-0.05, 0) is 31.4 Å². The summed E-state index contributed by atoms with van der Waals surface area (Å²) in [6.07, 6.45) is 0.823. The molecule has 5 nitrogen and oxygen atoms in total. The number of ether oxygens (including phenoxy) is 1. The molecule has 0 fully saturated rings. The fraction of sp³-hybridized carbons (Fsp3) is 0.375. The molecule has 0 spiro atoms. The molecule has 0 radical (unpaired) electrons. The van der Waals surface area contributed by atoms with Crippen LogP contribution in [-0.4, -0.2) is 24.2 Å². The maximum Gasteiger partial charge on any atom is 0.256 e. The molecular weight excluding hydrogens is 268 g/mol. The van der Waals surface area contributed by atoms with Gasteiger partial charge >= 0.3 is 0 Å². The van der Waals surface area contributed by atoms with E-state index >= 15 is 0 Å². The van der Waals surface area contributed by atoms with Gasteiger partial charge in [0.2, 0.25) is 0 Å². The molecule has 0 bridgehead atoms. The molecule has 21 heavy (non-hydrogen) atoms. The van der Waals surface area contributed by atoms with Crippen LogP contribution in [0, 0.1) is 13.8 Å². The van der Waals surface area contributed by atoms with Crippen molar-refractivity contribution in [2.24, 2.45) is 0 Å². The predicted octanol–water partition coefficient (Wildman–Crippen LogP) is 2.34. The van der Waals surface area contributed by atoms with Gasteiger partial charge in [-0.25, -0.2) is 0 Å². The van der Waals surface area contributed by atoms with Gasteiger partial charge in [-0.1, -0.05) is 29.4 Å². The Balaban J connectivity index is 1.70. The van der Waals surface area contributed by atoms with Gasteiger partial charge in [0, 0.05) is 6.54 Å². The molecule has 1 aliphatic heterocycles. The number of aromatic nitrogens is 1. The van der Waals surface area contributed by atoms with Crippen molar-refractivity contribution in [1.82, 2.24) is 10.5 Å². The van der Waals surface area contributed by atoms with E-state index in [0.717, 1.165) is 12.0 Å². The van der Waals surface area contributed by atoms with Gasteiger partial charge in [-0.15, -0.1) is 0 Å². The summed E-state index contributed by atoms with van der Waals surface area (Å²) in [4.78, 5) is 12.2. The zero-order valence-corrected chi connectivity index (χ0v) is 12.2. The van der Waals surface area contributed by atoms with Crippen LogP contribution >= 0.6 is 0 Å². The molecule has 3 rings (SSSR count). The van der Waals surface area contributed by atoms with Gasteiger partial charge in [0.1, 0.15) is 17.4 Å². The summed E-state index contributed by atoms with van der Waals surface area (Å²) in [6, 6.07) is 8.20. The van der Waals surface area contributed by atoms with Crippen LogP contribution < -0.4 is 5.32 Å². The number of hydrogen-bond donors (Lipinski definition) is 1. The molecule has 1 aliphatic rings. The summed E-state index contributed by atoms with van der Waals surface area (Å²) in [5.74, 6) is 0.368. The van der Waals surface area contributed by atoms with E-state index in [1.807, 2.05) is 12.1 Å². The van der Waals surface area contributed by atoms with Crippen LogP contribution in [0.5, 0.6) is 0 Å². The summed E-state index contributed by atoms with van der Waals surface area (Å²) in [5.41, 5.74) is 3.57. The van der Waals surface area contributed by atoms with Gasteiger partial charge < -0.3 is 14.6 Å². The van der Waals surface area contributed by atoms with Gasteiger partial charge in [0.15, 0.2) is 0 Å². The lowest BCUT2D eigenvalue weighted by Crippen LogP contribution is -2.32. The minimum atomic E-state index is -0.169. The summed E-state index contributed by atoms with van der Waals surface area (Å²) in [7, 11) is 0. The Hall–Kier alpha value is -2.14. The number of fused-ring (bicyclic) bond motifs is 1. The lowest BCUT2D eigenvalue weighted by Gasteiger charge is -2.26. The second-order valence-corrected chi connectivity index (χ2v) is 5.22. The first kappa shape index (κ1) is 13.8. The highest BCUT2D eigenvalue weighted by Crippen LogP contribution is 2.26. The summed E-state index contributed by atoms with van der Waals surface area (Å²) >= 11 is 0. The van der Waals surface area contributed by atoms with Crippen LogP contribution in [-0.2, 0) is 11.2 Å². The van der Waals surface area contributed by atoms with Gasteiger partial charge in [0.05, 0.1) is 12.3 Å². The van der Waals surface area contributed by atoms with Crippen LogP contribution in [0.25, 0.3) is 0 Å². The third-order valence-electron chi connectivity index (χ3n) is 3.80. The molecule has 1 aromatic heterocycles. The Morgan fingerprint density at radius 2 is 2.19 bits per heavy atom. The fourth-order valence-electron chi connectivity index (χ4n) is 2.73. The molecule has 0 aliphatic carbocycles. The Labute approximate surface area is 123 Å². The monoisotopic (exact) mass is 286 g/mol. The van der Waals surface area contributed by atoms with E-state index in [0.29, 0.717) is 30.2 Å². The van der Waals surface area contributed by atoms with E-state index in [-0.39, 0.29) is 12.0 Å². The average Bonchev–Trinajstić information content (AvgIpc) is 2.84. The molecule has 5 heteroatoms. The highest BCUT2D eigenvalue weighted by Gasteiger charge is 2.23. The van der Waals surface area contributed by atoms with Crippen molar-refractivity contribution >= 4 is 5.91 Å². The number of benzene rings is 1. The van der Waals surface area contributed by atoms with Crippen molar-refractivity contribution < 1.29 is 14.1 Å². The first-order valence-electron chi connectivity index (χ1n) is 7.07. The lowest BCUT2D eigenvalue weighted by molar-refractivity contribution is 0.0411. The van der Waals surface area contributed by atoms with Gasteiger partial charge in [-0.3, -0.25) is 4.79 Å². The fourth-order valence-corrected chi connectivity index (χ4v) is 2.73. The molecule has 110 valence electrons. The SMILES string of the molecule is Cc1noc(C)c1C(=O)NC[C@H]1OCCc2ccccc21. The van der Waals surface area contributed by atoms with E-state index in [9.17, 15) is 4.79 Å². The standard InChI is InChI=1S/C16H18N2O3/c1-10-15(11(2)21-18-10)16(19)17-9-14-13-6-4-3-5-12(13)7-8-20-14/h3-6,14H,7-9H2,1-2H3,(H,17,19)/t14-/m1/s1. The largest absolute Gasteiger partial charge is 0.371 e. The first-order chi connectivity index (χ1) is 10.2. The number of carbonyl (C=O) groups excluding carboxylic acids is 1. The van der Waals surface area contributed by atoms with Crippen molar-refractivity contribution in [3.63, 3.8) is 0 Å². The number of nitrogens with zero attached hydrogens (tertiary/aromatic N) is 1. The number of rotatable bonds is 3. The van der Waals surface area contributed by atoms with E-state index < -0.39 is 0 Å². The molecule has 2 heterocycles. The van der Waals surface area contributed by atoms with E-state index in [1.165, 1.54) is 5.56 Å². The van der Waals surface area contributed by atoms with Crippen molar-refractivity contribution in [3.05, 3.63) is 52.4 Å². The van der Waals surface area contributed by atoms with Gasteiger partial charge in [-0.2, -0.15) is 0 Å². The van der Waals surface area contributed by atoms with Gasteiger partial charge in [0.25, 0.3) is 5.91 Å². The van der Waals surface area contributed by atoms with Crippen LogP contribution in [0.2, 0.25) is 0 Å². The van der Waals surface area contributed by atoms with Crippen LogP contribution in [0.4, 0.5) is 0 Å². The Kier molecular flexibility index (Phi) is 3.75. The zero-order chi connectivity index (χ0) is 14.8. The Morgan fingerprint density at radius 1 is 1.38 bits per heavy atom. The highest BCUT2D eigenvalue weighted by molar-refractivity contribution is 5.96. The molecule has 0 saturated heterocycles. The third kappa shape index (κ3) is 2.69. The van der Waals surface area contributed by atoms with E-state index in [4.69, 9.17) is 9.26 Å². The number of aryl methyl sites for hydroxylation is 2. The highest BCUT2D eigenvalue weighted by atomic mass is 16.5. The van der Waals surface area contributed by atoms with Crippen molar-refractivity contribution in [1.29, 1.82) is 0 Å². The van der Waals surface area contributed by atoms with E-state index in [1.54, 1.807) is 13.8 Å². The number of carbonyl (C=O) groups is 1. The maximum absolute atomic E-state index is 12.2. The van der Waals surface area contributed by atoms with Crippen LogP contribution in [0.1, 0.15) is 39.0 Å². The molecule has 0 saturated carbocycles. The minimum Gasteiger partial charge on any atom is -0.371 e. The molecule has 2 aromatic rings. The molecule has 0 unspecified atom stereocenters. The Bertz CT molecular complexity index is 644. The molecule has 1 aromatic carbocycles. The summed E-state index contributed by atoms with van der Waals surface area (Å²) < 4.78 is 10.8. The smallest absolute Gasteiger partial charge is 0.256 e. The number of nitrogens with one attached hydrogen (secondary N) is 1. The Morgan fingerprint density at radius 3 is 2.95 bits per heavy atom. The van der Waals surface area contributed by atoms with E-state index in [2.05, 4.69) is 22.6 Å². The van der Waals surface area contributed by atoms with Crippen molar-refractivity contribution in [2.45, 2.75) is 26.4 Å².